The summed E-state index contributed by atoms with van der Waals surface area (Å²) in [4.78, 5) is 28.8. The number of halogens is 2. The Balaban J connectivity index is 1.82. The number of ether oxygens (including phenoxy) is 1. The first-order chi connectivity index (χ1) is 19.6. The van der Waals surface area contributed by atoms with Gasteiger partial charge >= 0.3 is 0 Å². The van der Waals surface area contributed by atoms with Gasteiger partial charge in [-0.05, 0) is 56.9 Å². The van der Waals surface area contributed by atoms with Crippen LogP contribution >= 0.6 is 23.2 Å². The standard InChI is InChI=1S/C30H41Cl2N3O5S/c1-4-26(30(37)33-22-13-7-6-8-14-22)34(21-23-24(31)15-11-16-25(23)32)29(36)19-12-20-35(41(3,38)39)27-17-9-10-18-28(27)40-5-2/h9-11,15-18,22,26H,4-8,12-14,19-21H2,1-3H3,(H,33,37)/t26-/m1/s1. The van der Waals surface area contributed by atoms with Crippen molar-refractivity contribution in [3.8, 4) is 5.75 Å². The molecule has 1 N–H and O–H groups in total. The molecule has 41 heavy (non-hydrogen) atoms. The predicted molar refractivity (Wildman–Crippen MR) is 165 cm³/mol. The Kier molecular flexibility index (Phi) is 12.6. The zero-order valence-electron chi connectivity index (χ0n) is 24.1. The van der Waals surface area contributed by atoms with E-state index in [9.17, 15) is 18.0 Å². The minimum absolute atomic E-state index is 0.0259. The Hall–Kier alpha value is -2.49. The molecule has 1 aliphatic carbocycles. The Morgan fingerprint density at radius 1 is 1.02 bits per heavy atom. The molecule has 8 nitrogen and oxygen atoms in total. The molecule has 0 spiro atoms. The van der Waals surface area contributed by atoms with Crippen LogP contribution < -0.4 is 14.4 Å². The molecule has 11 heteroatoms. The van der Waals surface area contributed by atoms with Crippen LogP contribution in [0.4, 0.5) is 5.69 Å². The summed E-state index contributed by atoms with van der Waals surface area (Å²) < 4.78 is 32.4. The molecule has 0 aliphatic heterocycles. The number of anilines is 1. The summed E-state index contributed by atoms with van der Waals surface area (Å²) in [6.45, 7) is 4.22. The molecule has 0 saturated heterocycles. The number of amides is 2. The highest BCUT2D eigenvalue weighted by Crippen LogP contribution is 2.31. The molecule has 3 rings (SSSR count). The highest BCUT2D eigenvalue weighted by molar-refractivity contribution is 7.92. The highest BCUT2D eigenvalue weighted by atomic mass is 35.5. The van der Waals surface area contributed by atoms with E-state index in [1.165, 1.54) is 15.6 Å². The summed E-state index contributed by atoms with van der Waals surface area (Å²) in [5, 5.41) is 3.98. The molecule has 0 heterocycles. The highest BCUT2D eigenvalue weighted by Gasteiger charge is 2.31. The molecule has 2 amide bonds. The molecular weight excluding hydrogens is 585 g/mol. The summed E-state index contributed by atoms with van der Waals surface area (Å²) in [6.07, 6.45) is 6.96. The van der Waals surface area contributed by atoms with E-state index >= 15 is 0 Å². The summed E-state index contributed by atoms with van der Waals surface area (Å²) >= 11 is 12.9. The van der Waals surface area contributed by atoms with E-state index in [0.29, 0.717) is 40.1 Å². The van der Waals surface area contributed by atoms with Gasteiger partial charge in [-0.2, -0.15) is 0 Å². The van der Waals surface area contributed by atoms with Crippen LogP contribution in [-0.2, 0) is 26.2 Å². The van der Waals surface area contributed by atoms with Crippen molar-refractivity contribution < 1.29 is 22.7 Å². The lowest BCUT2D eigenvalue weighted by atomic mass is 9.95. The van der Waals surface area contributed by atoms with Gasteiger partial charge in [-0.3, -0.25) is 13.9 Å². The van der Waals surface area contributed by atoms with Crippen LogP contribution in [0.5, 0.6) is 5.75 Å². The number of sulfonamides is 1. The molecule has 0 aromatic heterocycles. The predicted octanol–water partition coefficient (Wildman–Crippen LogP) is 6.19. The summed E-state index contributed by atoms with van der Waals surface area (Å²) in [7, 11) is -3.66. The van der Waals surface area contributed by atoms with Gasteiger partial charge < -0.3 is 15.0 Å². The van der Waals surface area contributed by atoms with Crippen LogP contribution in [-0.4, -0.2) is 56.6 Å². The van der Waals surface area contributed by atoms with Gasteiger partial charge in [-0.1, -0.05) is 67.6 Å². The van der Waals surface area contributed by atoms with Crippen molar-refractivity contribution in [2.75, 3.05) is 23.7 Å². The molecule has 0 radical (unpaired) electrons. The minimum Gasteiger partial charge on any atom is -0.492 e. The van der Waals surface area contributed by atoms with E-state index < -0.39 is 16.1 Å². The molecule has 0 bridgehead atoms. The van der Waals surface area contributed by atoms with Crippen molar-refractivity contribution in [3.05, 3.63) is 58.1 Å². The average Bonchev–Trinajstić information content (AvgIpc) is 2.93. The summed E-state index contributed by atoms with van der Waals surface area (Å²) in [5.74, 6) is -0.0234. The number of nitrogens with zero attached hydrogens (tertiary/aromatic N) is 2. The van der Waals surface area contributed by atoms with E-state index in [-0.39, 0.29) is 43.8 Å². The van der Waals surface area contributed by atoms with Crippen molar-refractivity contribution in [2.45, 2.75) is 83.8 Å². The smallest absolute Gasteiger partial charge is 0.243 e. The summed E-state index contributed by atoms with van der Waals surface area (Å²) in [6, 6.07) is 11.4. The normalized spacial score (nSPS) is 14.8. The number of hydrogen-bond donors (Lipinski definition) is 1. The van der Waals surface area contributed by atoms with Crippen molar-refractivity contribution in [3.63, 3.8) is 0 Å². The second-order valence-corrected chi connectivity index (χ2v) is 13.1. The van der Waals surface area contributed by atoms with Crippen LogP contribution in [0.1, 0.15) is 70.8 Å². The van der Waals surface area contributed by atoms with Gasteiger partial charge in [-0.25, -0.2) is 8.42 Å². The first-order valence-corrected chi connectivity index (χ1v) is 16.9. The number of benzene rings is 2. The van der Waals surface area contributed by atoms with E-state index in [1.807, 2.05) is 13.8 Å². The van der Waals surface area contributed by atoms with Crippen LogP contribution in [0.25, 0.3) is 0 Å². The van der Waals surface area contributed by atoms with E-state index in [2.05, 4.69) is 5.32 Å². The second-order valence-electron chi connectivity index (χ2n) is 10.3. The van der Waals surface area contributed by atoms with E-state index in [0.717, 1.165) is 31.9 Å². The zero-order chi connectivity index (χ0) is 30.0. The van der Waals surface area contributed by atoms with Crippen LogP contribution in [0.3, 0.4) is 0 Å². The number of carbonyl (C=O) groups is 2. The van der Waals surface area contributed by atoms with E-state index in [4.69, 9.17) is 27.9 Å². The Morgan fingerprint density at radius 2 is 1.68 bits per heavy atom. The largest absolute Gasteiger partial charge is 0.492 e. The lowest BCUT2D eigenvalue weighted by Crippen LogP contribution is -2.51. The molecule has 226 valence electrons. The lowest BCUT2D eigenvalue weighted by molar-refractivity contribution is -0.141. The maximum absolute atomic E-state index is 13.8. The molecule has 1 fully saturated rings. The van der Waals surface area contributed by atoms with Gasteiger partial charge in [-0.15, -0.1) is 0 Å². The first kappa shape index (κ1) is 33.0. The fourth-order valence-corrected chi connectivity index (χ4v) is 6.73. The number of hydrogen-bond acceptors (Lipinski definition) is 5. The monoisotopic (exact) mass is 625 g/mol. The van der Waals surface area contributed by atoms with Gasteiger partial charge in [0.05, 0.1) is 18.6 Å². The Bertz CT molecular complexity index is 1260. The fraction of sp³-hybridized carbons (Fsp3) is 0.533. The van der Waals surface area contributed by atoms with Gasteiger partial charge in [0.15, 0.2) is 0 Å². The minimum atomic E-state index is -3.66. The van der Waals surface area contributed by atoms with E-state index in [1.54, 1.807) is 42.5 Å². The van der Waals surface area contributed by atoms with Crippen molar-refractivity contribution in [1.82, 2.24) is 10.2 Å². The first-order valence-electron chi connectivity index (χ1n) is 14.3. The van der Waals surface area contributed by atoms with Gasteiger partial charge in [0, 0.05) is 41.2 Å². The fourth-order valence-electron chi connectivity index (χ4n) is 5.24. The SMILES string of the molecule is CCOc1ccccc1N(CCCC(=O)N(Cc1c(Cl)cccc1Cl)[C@H](CC)C(=O)NC1CCCCC1)S(C)(=O)=O. The maximum Gasteiger partial charge on any atom is 0.243 e. The maximum atomic E-state index is 13.8. The van der Waals surface area contributed by atoms with Crippen molar-refractivity contribution in [2.24, 2.45) is 0 Å². The third-order valence-electron chi connectivity index (χ3n) is 7.31. The molecule has 1 aliphatic rings. The quantitative estimate of drug-likeness (QED) is 0.270. The molecular formula is C30H41Cl2N3O5S. The number of carbonyl (C=O) groups excluding carboxylic acids is 2. The zero-order valence-corrected chi connectivity index (χ0v) is 26.4. The van der Waals surface area contributed by atoms with Crippen LogP contribution in [0.2, 0.25) is 10.0 Å². The Labute approximate surface area is 254 Å². The van der Waals surface area contributed by atoms with Crippen molar-refractivity contribution in [1.29, 1.82) is 0 Å². The molecule has 1 saturated carbocycles. The Morgan fingerprint density at radius 3 is 2.29 bits per heavy atom. The molecule has 0 unspecified atom stereocenters. The second kappa shape index (κ2) is 15.7. The molecule has 2 aromatic carbocycles. The topological polar surface area (TPSA) is 96.0 Å². The van der Waals surface area contributed by atoms with Gasteiger partial charge in [0.1, 0.15) is 11.8 Å². The third-order valence-corrected chi connectivity index (χ3v) is 9.20. The summed E-state index contributed by atoms with van der Waals surface area (Å²) in [5.41, 5.74) is 0.985. The van der Waals surface area contributed by atoms with Crippen LogP contribution in [0, 0.1) is 0 Å². The van der Waals surface area contributed by atoms with Gasteiger partial charge in [0.2, 0.25) is 21.8 Å². The average molecular weight is 627 g/mol. The third kappa shape index (κ3) is 9.25. The number of rotatable bonds is 14. The molecule has 1 atom stereocenters. The van der Waals surface area contributed by atoms with Crippen LogP contribution in [0.15, 0.2) is 42.5 Å². The van der Waals surface area contributed by atoms with Crippen molar-refractivity contribution >= 4 is 50.7 Å². The number of nitrogens with one attached hydrogen (secondary N) is 1. The number of para-hydroxylation sites is 2. The lowest BCUT2D eigenvalue weighted by Gasteiger charge is -2.33. The molecule has 2 aromatic rings. The van der Waals surface area contributed by atoms with Gasteiger partial charge in [0.25, 0.3) is 0 Å².